The summed E-state index contributed by atoms with van der Waals surface area (Å²) in [6.45, 7) is 4.85. The van der Waals surface area contributed by atoms with E-state index in [1.54, 1.807) is 18.2 Å². The number of ether oxygens (including phenoxy) is 3. The highest BCUT2D eigenvalue weighted by Gasteiger charge is 2.17. The molecule has 24 heavy (non-hydrogen) atoms. The lowest BCUT2D eigenvalue weighted by Crippen LogP contribution is -2.39. The molecule has 130 valence electrons. The first-order valence-corrected chi connectivity index (χ1v) is 8.01. The molecule has 2 N–H and O–H groups in total. The average molecular weight is 335 g/mol. The van der Waals surface area contributed by atoms with Crippen molar-refractivity contribution in [2.45, 2.75) is 6.42 Å². The first kappa shape index (κ1) is 16.5. The molecule has 0 spiro atoms. The number of carbonyl (C=O) groups is 2. The van der Waals surface area contributed by atoms with E-state index in [4.69, 9.17) is 14.2 Å². The van der Waals surface area contributed by atoms with Crippen molar-refractivity contribution < 1.29 is 23.8 Å². The Morgan fingerprint density at radius 2 is 1.88 bits per heavy atom. The van der Waals surface area contributed by atoms with Crippen molar-refractivity contribution in [2.75, 3.05) is 51.5 Å². The highest BCUT2D eigenvalue weighted by atomic mass is 16.7. The van der Waals surface area contributed by atoms with Gasteiger partial charge in [-0.05, 0) is 25.1 Å². The predicted molar refractivity (Wildman–Crippen MR) is 86.1 cm³/mol. The standard InChI is InChI=1S/C16H21N3O5/c20-15(17-4-1-5-19-6-8-22-9-7-19)16(21)18-12-2-3-13-14(10-12)24-11-23-13/h2-3,10H,1,4-9,11H2,(H,17,20)(H,18,21). The second-order valence-electron chi connectivity index (χ2n) is 5.59. The molecule has 0 aliphatic carbocycles. The van der Waals surface area contributed by atoms with Crippen molar-refractivity contribution in [3.8, 4) is 11.5 Å². The van der Waals surface area contributed by atoms with Crippen molar-refractivity contribution >= 4 is 17.5 Å². The summed E-state index contributed by atoms with van der Waals surface area (Å²) in [6.07, 6.45) is 0.795. The SMILES string of the molecule is O=C(NCCCN1CCOCC1)C(=O)Nc1ccc2c(c1)OCO2. The quantitative estimate of drug-likeness (QED) is 0.590. The largest absolute Gasteiger partial charge is 0.454 e. The van der Waals surface area contributed by atoms with Gasteiger partial charge in [-0.1, -0.05) is 0 Å². The zero-order valence-electron chi connectivity index (χ0n) is 13.4. The molecule has 3 rings (SSSR count). The van der Waals surface area contributed by atoms with Crippen LogP contribution in [0.15, 0.2) is 18.2 Å². The third-order valence-corrected chi connectivity index (χ3v) is 3.88. The summed E-state index contributed by atoms with van der Waals surface area (Å²) in [5.74, 6) is -0.158. The molecular formula is C16H21N3O5. The topological polar surface area (TPSA) is 89.1 Å². The highest BCUT2D eigenvalue weighted by Crippen LogP contribution is 2.34. The van der Waals surface area contributed by atoms with E-state index in [1.165, 1.54) is 0 Å². The lowest BCUT2D eigenvalue weighted by molar-refractivity contribution is -0.136. The molecule has 1 saturated heterocycles. The van der Waals surface area contributed by atoms with Gasteiger partial charge in [0.05, 0.1) is 13.2 Å². The lowest BCUT2D eigenvalue weighted by Gasteiger charge is -2.26. The highest BCUT2D eigenvalue weighted by molar-refractivity contribution is 6.39. The van der Waals surface area contributed by atoms with Crippen LogP contribution < -0.4 is 20.1 Å². The van der Waals surface area contributed by atoms with Crippen LogP contribution in [0.25, 0.3) is 0 Å². The Balaban J connectivity index is 1.37. The van der Waals surface area contributed by atoms with Gasteiger partial charge in [0.25, 0.3) is 0 Å². The molecule has 1 aromatic carbocycles. The molecule has 1 fully saturated rings. The number of morpholine rings is 1. The smallest absolute Gasteiger partial charge is 0.313 e. The van der Waals surface area contributed by atoms with Gasteiger partial charge in [-0.15, -0.1) is 0 Å². The third kappa shape index (κ3) is 4.36. The fourth-order valence-corrected chi connectivity index (χ4v) is 2.57. The number of benzene rings is 1. The van der Waals surface area contributed by atoms with E-state index in [1.807, 2.05) is 0 Å². The van der Waals surface area contributed by atoms with Crippen molar-refractivity contribution in [1.82, 2.24) is 10.2 Å². The van der Waals surface area contributed by atoms with Crippen molar-refractivity contribution in [3.05, 3.63) is 18.2 Å². The summed E-state index contributed by atoms with van der Waals surface area (Å²) in [5.41, 5.74) is 0.493. The first-order chi connectivity index (χ1) is 11.7. The minimum Gasteiger partial charge on any atom is -0.454 e. The van der Waals surface area contributed by atoms with Gasteiger partial charge >= 0.3 is 11.8 Å². The Morgan fingerprint density at radius 3 is 2.71 bits per heavy atom. The maximum atomic E-state index is 11.9. The molecule has 0 saturated carbocycles. The van der Waals surface area contributed by atoms with Gasteiger partial charge in [0, 0.05) is 31.4 Å². The molecule has 8 nitrogen and oxygen atoms in total. The summed E-state index contributed by atoms with van der Waals surface area (Å²) in [4.78, 5) is 26.0. The van der Waals surface area contributed by atoms with Crippen LogP contribution in [0.3, 0.4) is 0 Å². The van der Waals surface area contributed by atoms with Crippen molar-refractivity contribution in [2.24, 2.45) is 0 Å². The number of carbonyl (C=O) groups excluding carboxylic acids is 2. The van der Waals surface area contributed by atoms with Crippen LogP contribution in [0.4, 0.5) is 5.69 Å². The molecule has 8 heteroatoms. The van der Waals surface area contributed by atoms with Crippen molar-refractivity contribution in [1.29, 1.82) is 0 Å². The Bertz CT molecular complexity index is 601. The molecule has 0 radical (unpaired) electrons. The Morgan fingerprint density at radius 1 is 1.08 bits per heavy atom. The average Bonchev–Trinajstić information content (AvgIpc) is 3.07. The maximum absolute atomic E-state index is 11.9. The Hall–Kier alpha value is -2.32. The molecular weight excluding hydrogens is 314 g/mol. The van der Waals surface area contributed by atoms with Gasteiger partial charge in [0.15, 0.2) is 11.5 Å². The van der Waals surface area contributed by atoms with Gasteiger partial charge < -0.3 is 24.8 Å². The second-order valence-corrected chi connectivity index (χ2v) is 5.59. The summed E-state index contributed by atoms with van der Waals surface area (Å²) in [6, 6.07) is 4.99. The van der Waals surface area contributed by atoms with Gasteiger partial charge in [-0.2, -0.15) is 0 Å². The Kier molecular flexibility index (Phi) is 5.50. The van der Waals surface area contributed by atoms with Crippen LogP contribution in [-0.2, 0) is 14.3 Å². The summed E-state index contributed by atoms with van der Waals surface area (Å²) < 4.78 is 15.7. The predicted octanol–water partition coefficient (Wildman–Crippen LogP) is 0.192. The number of hydrogen-bond acceptors (Lipinski definition) is 6. The van der Waals surface area contributed by atoms with E-state index < -0.39 is 11.8 Å². The number of anilines is 1. The van der Waals surface area contributed by atoms with E-state index >= 15 is 0 Å². The van der Waals surface area contributed by atoms with Crippen LogP contribution in [0.1, 0.15) is 6.42 Å². The molecule has 0 unspecified atom stereocenters. The molecule has 1 aromatic rings. The van der Waals surface area contributed by atoms with E-state index in [9.17, 15) is 9.59 Å². The van der Waals surface area contributed by atoms with Crippen LogP contribution in [0.2, 0.25) is 0 Å². The van der Waals surface area contributed by atoms with Crippen LogP contribution in [0.5, 0.6) is 11.5 Å². The molecule has 2 aliphatic rings. The molecule has 2 aliphatic heterocycles. The van der Waals surface area contributed by atoms with Gasteiger partial charge in [0.1, 0.15) is 0 Å². The monoisotopic (exact) mass is 335 g/mol. The van der Waals surface area contributed by atoms with Gasteiger partial charge in [-0.3, -0.25) is 14.5 Å². The summed E-state index contributed by atoms with van der Waals surface area (Å²) in [7, 11) is 0. The summed E-state index contributed by atoms with van der Waals surface area (Å²) >= 11 is 0. The van der Waals surface area contributed by atoms with E-state index in [0.717, 1.165) is 39.3 Å². The van der Waals surface area contributed by atoms with Crippen LogP contribution in [0, 0.1) is 0 Å². The number of nitrogens with one attached hydrogen (secondary N) is 2. The number of nitrogens with zero attached hydrogens (tertiary/aromatic N) is 1. The van der Waals surface area contributed by atoms with E-state index in [-0.39, 0.29) is 6.79 Å². The van der Waals surface area contributed by atoms with E-state index in [2.05, 4.69) is 15.5 Å². The number of fused-ring (bicyclic) bond motifs is 1. The zero-order chi connectivity index (χ0) is 16.8. The normalized spacial score (nSPS) is 16.7. The van der Waals surface area contributed by atoms with Crippen LogP contribution >= 0.6 is 0 Å². The zero-order valence-corrected chi connectivity index (χ0v) is 13.4. The molecule has 2 amide bonds. The lowest BCUT2D eigenvalue weighted by atomic mass is 10.2. The molecule has 2 heterocycles. The second kappa shape index (κ2) is 7.98. The minimum atomic E-state index is -0.694. The number of rotatable bonds is 5. The molecule has 0 bridgehead atoms. The summed E-state index contributed by atoms with van der Waals surface area (Å²) in [5, 5.41) is 5.18. The van der Waals surface area contributed by atoms with Crippen molar-refractivity contribution in [3.63, 3.8) is 0 Å². The minimum absolute atomic E-state index is 0.163. The third-order valence-electron chi connectivity index (χ3n) is 3.88. The maximum Gasteiger partial charge on any atom is 0.313 e. The molecule has 0 atom stereocenters. The Labute approximate surface area is 140 Å². The van der Waals surface area contributed by atoms with Gasteiger partial charge in [-0.25, -0.2) is 0 Å². The number of hydrogen-bond donors (Lipinski definition) is 2. The van der Waals surface area contributed by atoms with E-state index in [0.29, 0.717) is 23.7 Å². The molecule has 0 aromatic heterocycles. The van der Waals surface area contributed by atoms with Gasteiger partial charge in [0.2, 0.25) is 6.79 Å². The first-order valence-electron chi connectivity index (χ1n) is 8.01. The number of amides is 2. The fourth-order valence-electron chi connectivity index (χ4n) is 2.57. The van der Waals surface area contributed by atoms with Crippen LogP contribution in [-0.4, -0.2) is 62.9 Å². The fraction of sp³-hybridized carbons (Fsp3) is 0.500.